The summed E-state index contributed by atoms with van der Waals surface area (Å²) < 4.78 is 25.0. The predicted molar refractivity (Wildman–Crippen MR) is 174 cm³/mol. The molecule has 1 spiro atoms. The lowest BCUT2D eigenvalue weighted by molar-refractivity contribution is -0.137. The van der Waals surface area contributed by atoms with Crippen molar-refractivity contribution in [3.63, 3.8) is 0 Å². The zero-order valence-electron chi connectivity index (χ0n) is 27.1. The number of piperidine rings is 1. The Balaban J connectivity index is 1.16. The second-order valence-corrected chi connectivity index (χ2v) is 16.2. The highest BCUT2D eigenvalue weighted by Gasteiger charge is 2.59. The van der Waals surface area contributed by atoms with Crippen LogP contribution in [0.2, 0.25) is 0 Å². The molecule has 0 saturated carbocycles. The number of hydrogen-bond acceptors (Lipinski definition) is 8. The highest BCUT2D eigenvalue weighted by molar-refractivity contribution is 7.91. The van der Waals surface area contributed by atoms with Gasteiger partial charge in [0.05, 0.1) is 28.9 Å². The van der Waals surface area contributed by atoms with Gasteiger partial charge in [0.25, 0.3) is 11.8 Å². The van der Waals surface area contributed by atoms with Gasteiger partial charge >= 0.3 is 12.1 Å². The highest BCUT2D eigenvalue weighted by Crippen LogP contribution is 2.37. The van der Waals surface area contributed by atoms with E-state index in [4.69, 9.17) is 0 Å². The molecule has 4 aliphatic heterocycles. The van der Waals surface area contributed by atoms with Gasteiger partial charge in [0.15, 0.2) is 15.4 Å². The Kier molecular flexibility index (Phi) is 8.38. The van der Waals surface area contributed by atoms with Crippen LogP contribution in [0.4, 0.5) is 15.3 Å². The van der Waals surface area contributed by atoms with Crippen molar-refractivity contribution in [2.45, 2.75) is 62.7 Å². The minimum absolute atomic E-state index is 0.00989. The first-order chi connectivity index (χ1) is 22.6. The number of para-hydroxylation sites is 1. The van der Waals surface area contributed by atoms with Gasteiger partial charge in [-0.05, 0) is 48.1 Å². The number of amides is 6. The summed E-state index contributed by atoms with van der Waals surface area (Å²) in [6.45, 7) is 6.61. The van der Waals surface area contributed by atoms with Gasteiger partial charge in [-0.15, -0.1) is 0 Å². The third-order valence-corrected chi connectivity index (χ3v) is 11.7. The van der Waals surface area contributed by atoms with Crippen molar-refractivity contribution in [1.82, 2.24) is 25.8 Å². The van der Waals surface area contributed by atoms with E-state index in [1.807, 2.05) is 25.7 Å². The van der Waals surface area contributed by atoms with Gasteiger partial charge in [0, 0.05) is 43.7 Å². The molecule has 4 unspecified atom stereocenters. The van der Waals surface area contributed by atoms with Crippen LogP contribution < -0.4 is 20.9 Å². The Bertz CT molecular complexity index is 1770. The first-order valence-corrected chi connectivity index (χ1v) is 17.6. The van der Waals surface area contributed by atoms with E-state index in [1.54, 1.807) is 48.5 Å². The molecule has 0 aromatic heterocycles. The van der Waals surface area contributed by atoms with Gasteiger partial charge < -0.3 is 30.4 Å². The lowest BCUT2D eigenvalue weighted by atomic mass is 9.76. The van der Waals surface area contributed by atoms with Crippen molar-refractivity contribution in [1.29, 1.82) is 0 Å². The number of hydrogen-bond donors (Lipinski definition) is 4. The Labute approximate surface area is 278 Å². The SMILES string of the molecule is CC(C)(C)C1CC(C(=O)N2CC(NC(=O)c3ccc(CN4CCS(=O)(=O)c5ccccc54)cc3)C3(C2)NC(=O)NC3=O)CCN1C(=O)O. The molecular weight excluding hydrogens is 640 g/mol. The lowest BCUT2D eigenvalue weighted by Crippen LogP contribution is -2.62. The molecule has 0 radical (unpaired) electrons. The number of likely N-dealkylation sites (tertiary alicyclic amines) is 2. The van der Waals surface area contributed by atoms with Crippen LogP contribution in [0.1, 0.15) is 49.5 Å². The number of carbonyl (C=O) groups is 5. The van der Waals surface area contributed by atoms with Gasteiger partial charge in [-0.3, -0.25) is 19.7 Å². The monoisotopic (exact) mass is 680 g/mol. The van der Waals surface area contributed by atoms with E-state index in [0.29, 0.717) is 42.1 Å². The van der Waals surface area contributed by atoms with Gasteiger partial charge in [0.1, 0.15) is 0 Å². The van der Waals surface area contributed by atoms with Crippen LogP contribution in [0.15, 0.2) is 53.4 Å². The summed E-state index contributed by atoms with van der Waals surface area (Å²) in [5.41, 5.74) is -0.170. The molecule has 6 amide bonds. The number of anilines is 1. The van der Waals surface area contributed by atoms with Crippen LogP contribution in [-0.2, 0) is 26.0 Å². The van der Waals surface area contributed by atoms with E-state index >= 15 is 0 Å². The average Bonchev–Trinajstić information content (AvgIpc) is 3.54. The zero-order chi connectivity index (χ0) is 34.6. The maximum absolute atomic E-state index is 13.9. The number of urea groups is 1. The van der Waals surface area contributed by atoms with Gasteiger partial charge in [-0.1, -0.05) is 45.0 Å². The molecule has 4 aliphatic rings. The molecule has 48 heavy (non-hydrogen) atoms. The summed E-state index contributed by atoms with van der Waals surface area (Å²) in [4.78, 5) is 69.9. The molecule has 3 fully saturated rings. The molecule has 14 nitrogen and oxygen atoms in total. The first kappa shape index (κ1) is 33.2. The quantitative estimate of drug-likeness (QED) is 0.342. The van der Waals surface area contributed by atoms with Crippen LogP contribution in [0.5, 0.6) is 0 Å². The fourth-order valence-corrected chi connectivity index (χ4v) is 8.86. The van der Waals surface area contributed by atoms with Crippen LogP contribution in [0, 0.1) is 11.3 Å². The second-order valence-electron chi connectivity index (χ2n) is 14.1. The van der Waals surface area contributed by atoms with Crippen LogP contribution in [0.25, 0.3) is 0 Å². The molecule has 2 aromatic carbocycles. The maximum Gasteiger partial charge on any atom is 0.407 e. The van der Waals surface area contributed by atoms with Crippen molar-refractivity contribution in [2.75, 3.05) is 36.8 Å². The van der Waals surface area contributed by atoms with E-state index in [0.717, 1.165) is 5.56 Å². The van der Waals surface area contributed by atoms with Crippen molar-refractivity contribution in [2.24, 2.45) is 11.3 Å². The van der Waals surface area contributed by atoms with E-state index in [-0.39, 0.29) is 37.3 Å². The Morgan fingerprint density at radius 2 is 1.75 bits per heavy atom. The Hall–Kier alpha value is -4.66. The van der Waals surface area contributed by atoms with Gasteiger partial charge in [-0.2, -0.15) is 0 Å². The molecule has 256 valence electrons. The van der Waals surface area contributed by atoms with Gasteiger partial charge in [0.2, 0.25) is 5.91 Å². The topological polar surface area (TPSA) is 186 Å². The smallest absolute Gasteiger partial charge is 0.407 e. The summed E-state index contributed by atoms with van der Waals surface area (Å²) >= 11 is 0. The lowest BCUT2D eigenvalue weighted by Gasteiger charge is -2.44. The number of imide groups is 1. The Morgan fingerprint density at radius 1 is 1.04 bits per heavy atom. The third-order valence-electron chi connectivity index (χ3n) is 9.98. The van der Waals surface area contributed by atoms with Gasteiger partial charge in [-0.25, -0.2) is 18.0 Å². The number of rotatable bonds is 5. The maximum atomic E-state index is 13.9. The fourth-order valence-electron chi connectivity index (χ4n) is 7.38. The molecule has 4 heterocycles. The standard InChI is InChI=1S/C33H40N6O8S/c1-32(2,3)26-16-22(12-13-39(26)31(44)45)28(41)38-18-25(33(19-38)29(42)35-30(43)36-33)34-27(40)21-10-8-20(9-11-21)17-37-14-15-48(46,47)24-7-5-4-6-23(24)37/h4-11,22,25-26H,12-19H2,1-3H3,(H,34,40)(H,44,45)(H2,35,36,42,43). The molecule has 4 N–H and O–H groups in total. The summed E-state index contributed by atoms with van der Waals surface area (Å²) in [5.74, 6) is -1.87. The number of sulfone groups is 1. The van der Waals surface area contributed by atoms with E-state index in [2.05, 4.69) is 16.0 Å². The molecule has 0 aliphatic carbocycles. The van der Waals surface area contributed by atoms with Crippen LogP contribution in [-0.4, -0.2) is 103 Å². The number of nitrogens with one attached hydrogen (secondary N) is 3. The fraction of sp³-hybridized carbons (Fsp3) is 0.485. The van der Waals surface area contributed by atoms with Crippen LogP contribution >= 0.6 is 0 Å². The minimum Gasteiger partial charge on any atom is -0.465 e. The van der Waals surface area contributed by atoms with Crippen LogP contribution in [0.3, 0.4) is 0 Å². The van der Waals surface area contributed by atoms with Crippen molar-refractivity contribution in [3.05, 3.63) is 59.7 Å². The number of benzene rings is 2. The summed E-state index contributed by atoms with van der Waals surface area (Å²) in [6.07, 6.45) is -0.393. The van der Waals surface area contributed by atoms with Crippen molar-refractivity contribution >= 4 is 45.4 Å². The first-order valence-electron chi connectivity index (χ1n) is 16.0. The van der Waals surface area contributed by atoms with Crippen molar-refractivity contribution in [3.8, 4) is 0 Å². The van der Waals surface area contributed by atoms with E-state index in [1.165, 1.54) is 9.80 Å². The number of nitrogens with zero attached hydrogens (tertiary/aromatic N) is 3. The molecule has 6 rings (SSSR count). The number of fused-ring (bicyclic) bond motifs is 1. The molecule has 0 bridgehead atoms. The molecule has 3 saturated heterocycles. The highest BCUT2D eigenvalue weighted by atomic mass is 32.2. The molecule has 4 atom stereocenters. The van der Waals surface area contributed by atoms with E-state index in [9.17, 15) is 37.5 Å². The minimum atomic E-state index is -3.34. The predicted octanol–water partition coefficient (Wildman–Crippen LogP) is 1.80. The summed E-state index contributed by atoms with van der Waals surface area (Å²) in [5, 5.41) is 17.5. The summed E-state index contributed by atoms with van der Waals surface area (Å²) in [7, 11) is -3.34. The molecule has 15 heteroatoms. The largest absolute Gasteiger partial charge is 0.465 e. The zero-order valence-corrected chi connectivity index (χ0v) is 27.9. The van der Waals surface area contributed by atoms with Crippen molar-refractivity contribution < 1.29 is 37.5 Å². The molecule has 2 aromatic rings. The Morgan fingerprint density at radius 3 is 2.40 bits per heavy atom. The number of carbonyl (C=O) groups excluding carboxylic acids is 4. The summed E-state index contributed by atoms with van der Waals surface area (Å²) in [6, 6.07) is 11.7. The average molecular weight is 681 g/mol. The number of carboxylic acid groups (broad SMARTS) is 1. The molecular formula is C33H40N6O8S. The second kappa shape index (κ2) is 12.1. The van der Waals surface area contributed by atoms with E-state index < -0.39 is 56.7 Å². The normalized spacial score (nSPS) is 26.6. The third kappa shape index (κ3) is 6.06.